The van der Waals surface area contributed by atoms with Crippen LogP contribution in [0.5, 0.6) is 0 Å². The monoisotopic (exact) mass is 221 g/mol. The smallest absolute Gasteiger partial charge is 0.0468 e. The first-order valence-electron chi connectivity index (χ1n) is 6.30. The van der Waals surface area contributed by atoms with E-state index in [1.165, 1.54) is 18.5 Å². The molecule has 0 aliphatic carbocycles. The molecule has 16 heavy (non-hydrogen) atoms. The van der Waals surface area contributed by atoms with Gasteiger partial charge in [-0.1, -0.05) is 20.8 Å². The zero-order chi connectivity index (χ0) is 11.6. The molecule has 2 rings (SSSR count). The summed E-state index contributed by atoms with van der Waals surface area (Å²) in [5.41, 5.74) is 1.70. The predicted molar refractivity (Wildman–Crippen MR) is 66.5 cm³/mol. The lowest BCUT2D eigenvalue weighted by Gasteiger charge is -2.38. The zero-order valence-electron chi connectivity index (χ0n) is 10.6. The number of nitrogens with one attached hydrogen (secondary N) is 1. The molecule has 1 aliphatic heterocycles. The van der Waals surface area contributed by atoms with Gasteiger partial charge in [0.15, 0.2) is 0 Å². The Morgan fingerprint density at radius 3 is 2.50 bits per heavy atom. The molecule has 1 aromatic heterocycles. The highest BCUT2D eigenvalue weighted by Gasteiger charge is 2.34. The van der Waals surface area contributed by atoms with Crippen molar-refractivity contribution in [3.63, 3.8) is 0 Å². The fourth-order valence-electron chi connectivity index (χ4n) is 3.01. The van der Waals surface area contributed by atoms with Crippen molar-refractivity contribution in [3.8, 4) is 0 Å². The molecular formula is C14H23NO. The third-order valence-electron chi connectivity index (χ3n) is 3.63. The van der Waals surface area contributed by atoms with Crippen LogP contribution in [0.4, 0.5) is 0 Å². The van der Waals surface area contributed by atoms with Gasteiger partial charge < -0.3 is 9.72 Å². The minimum absolute atomic E-state index is 0.312. The summed E-state index contributed by atoms with van der Waals surface area (Å²) in [6, 6.07) is 4.33. The average molecular weight is 221 g/mol. The number of aromatic nitrogens is 1. The van der Waals surface area contributed by atoms with Crippen LogP contribution in [0.15, 0.2) is 18.3 Å². The summed E-state index contributed by atoms with van der Waals surface area (Å²) in [5.74, 6) is 1.37. The van der Waals surface area contributed by atoms with Gasteiger partial charge in [-0.3, -0.25) is 0 Å². The fourth-order valence-corrected chi connectivity index (χ4v) is 3.01. The van der Waals surface area contributed by atoms with E-state index in [1.54, 1.807) is 0 Å². The summed E-state index contributed by atoms with van der Waals surface area (Å²) in [6.45, 7) is 8.88. The Labute approximate surface area is 98.4 Å². The number of ether oxygens (including phenoxy) is 1. The van der Waals surface area contributed by atoms with Gasteiger partial charge in [-0.25, -0.2) is 0 Å². The van der Waals surface area contributed by atoms with Crippen molar-refractivity contribution in [2.45, 2.75) is 39.5 Å². The molecule has 2 heteroatoms. The summed E-state index contributed by atoms with van der Waals surface area (Å²) < 4.78 is 5.47. The minimum Gasteiger partial charge on any atom is -0.381 e. The number of H-pyrrole nitrogens is 1. The third-order valence-corrected chi connectivity index (χ3v) is 3.63. The molecule has 1 saturated heterocycles. The van der Waals surface area contributed by atoms with Crippen molar-refractivity contribution in [2.24, 2.45) is 11.3 Å². The van der Waals surface area contributed by atoms with Crippen LogP contribution in [0, 0.1) is 11.3 Å². The Bertz CT molecular complexity index is 304. The Kier molecular flexibility index (Phi) is 3.38. The lowest BCUT2D eigenvalue weighted by Crippen LogP contribution is -2.30. The molecule has 1 atom stereocenters. The van der Waals surface area contributed by atoms with Gasteiger partial charge in [-0.2, -0.15) is 0 Å². The first kappa shape index (κ1) is 11.7. The van der Waals surface area contributed by atoms with Gasteiger partial charge in [0.05, 0.1) is 0 Å². The lowest BCUT2D eigenvalue weighted by molar-refractivity contribution is 0.0412. The average Bonchev–Trinajstić information content (AvgIpc) is 2.71. The Hall–Kier alpha value is -0.760. The highest BCUT2D eigenvalue weighted by Crippen LogP contribution is 2.43. The first-order valence-corrected chi connectivity index (χ1v) is 6.30. The van der Waals surface area contributed by atoms with Gasteiger partial charge in [0, 0.05) is 31.0 Å². The Morgan fingerprint density at radius 1 is 1.31 bits per heavy atom. The summed E-state index contributed by atoms with van der Waals surface area (Å²) in [7, 11) is 0. The number of rotatable bonds is 2. The second-order valence-electron chi connectivity index (χ2n) is 5.92. The van der Waals surface area contributed by atoms with Crippen LogP contribution in [-0.2, 0) is 4.74 Å². The van der Waals surface area contributed by atoms with Crippen LogP contribution in [-0.4, -0.2) is 18.2 Å². The van der Waals surface area contributed by atoms with Gasteiger partial charge >= 0.3 is 0 Å². The van der Waals surface area contributed by atoms with Crippen molar-refractivity contribution in [1.29, 1.82) is 0 Å². The quantitative estimate of drug-likeness (QED) is 0.811. The molecule has 0 saturated carbocycles. The number of aromatic amines is 1. The topological polar surface area (TPSA) is 25.0 Å². The van der Waals surface area contributed by atoms with E-state index in [2.05, 4.69) is 37.9 Å². The molecule has 0 bridgehead atoms. The van der Waals surface area contributed by atoms with E-state index in [0.29, 0.717) is 11.3 Å². The van der Waals surface area contributed by atoms with Crippen LogP contribution in [0.2, 0.25) is 0 Å². The van der Waals surface area contributed by atoms with Crippen LogP contribution in [0.3, 0.4) is 0 Å². The molecule has 0 radical (unpaired) electrons. The molecule has 0 spiro atoms. The van der Waals surface area contributed by atoms with Crippen molar-refractivity contribution >= 4 is 0 Å². The maximum Gasteiger partial charge on any atom is 0.0468 e. The van der Waals surface area contributed by atoms with Gasteiger partial charge in [-0.05, 0) is 36.3 Å². The van der Waals surface area contributed by atoms with E-state index < -0.39 is 0 Å². The number of hydrogen-bond acceptors (Lipinski definition) is 1. The fraction of sp³-hybridized carbons (Fsp3) is 0.714. The molecular weight excluding hydrogens is 198 g/mol. The van der Waals surface area contributed by atoms with Crippen LogP contribution < -0.4 is 0 Å². The summed E-state index contributed by atoms with van der Waals surface area (Å²) >= 11 is 0. The van der Waals surface area contributed by atoms with E-state index in [9.17, 15) is 0 Å². The third kappa shape index (κ3) is 2.49. The summed E-state index contributed by atoms with van der Waals surface area (Å²) in [5, 5.41) is 0. The van der Waals surface area contributed by atoms with Crippen LogP contribution in [0.25, 0.3) is 0 Å². The highest BCUT2D eigenvalue weighted by molar-refractivity contribution is 5.14. The molecule has 2 heterocycles. The highest BCUT2D eigenvalue weighted by atomic mass is 16.5. The minimum atomic E-state index is 0.312. The van der Waals surface area contributed by atoms with E-state index in [-0.39, 0.29) is 0 Å². The zero-order valence-corrected chi connectivity index (χ0v) is 10.6. The van der Waals surface area contributed by atoms with Gasteiger partial charge in [0.25, 0.3) is 0 Å². The molecule has 1 N–H and O–H groups in total. The van der Waals surface area contributed by atoms with Crippen molar-refractivity contribution < 1.29 is 4.74 Å². The van der Waals surface area contributed by atoms with E-state index in [0.717, 1.165) is 19.1 Å². The maximum atomic E-state index is 5.47. The molecule has 2 nitrogen and oxygen atoms in total. The van der Waals surface area contributed by atoms with E-state index in [4.69, 9.17) is 4.74 Å². The van der Waals surface area contributed by atoms with Crippen molar-refractivity contribution in [1.82, 2.24) is 4.98 Å². The normalized spacial score (nSPS) is 20.9. The first-order chi connectivity index (χ1) is 7.59. The molecule has 1 fully saturated rings. The van der Waals surface area contributed by atoms with E-state index in [1.807, 2.05) is 6.20 Å². The summed E-state index contributed by atoms with van der Waals surface area (Å²) in [4.78, 5) is 3.40. The molecule has 1 aromatic rings. The van der Waals surface area contributed by atoms with E-state index >= 15 is 0 Å². The largest absolute Gasteiger partial charge is 0.381 e. The van der Waals surface area contributed by atoms with Gasteiger partial charge in [0.2, 0.25) is 0 Å². The van der Waals surface area contributed by atoms with Crippen LogP contribution in [0.1, 0.15) is 45.2 Å². The van der Waals surface area contributed by atoms with Crippen molar-refractivity contribution in [3.05, 3.63) is 24.0 Å². The predicted octanol–water partition coefficient (Wildman–Crippen LogP) is 3.57. The SMILES string of the molecule is CC(C)(C)C(c1ccc[nH]1)C1CCOCC1. The standard InChI is InChI=1S/C14H23NO/c1-14(2,3)13(12-5-4-8-15-12)11-6-9-16-10-7-11/h4-5,8,11,13,15H,6-7,9-10H2,1-3H3. The second-order valence-corrected chi connectivity index (χ2v) is 5.92. The number of hydrogen-bond donors (Lipinski definition) is 1. The van der Waals surface area contributed by atoms with Crippen LogP contribution >= 0.6 is 0 Å². The maximum absolute atomic E-state index is 5.47. The second kappa shape index (κ2) is 4.62. The molecule has 1 aliphatic rings. The molecule has 0 aromatic carbocycles. The molecule has 90 valence electrons. The Morgan fingerprint density at radius 2 is 2.00 bits per heavy atom. The van der Waals surface area contributed by atoms with Gasteiger partial charge in [-0.15, -0.1) is 0 Å². The Balaban J connectivity index is 2.21. The lowest BCUT2D eigenvalue weighted by atomic mass is 9.69. The van der Waals surface area contributed by atoms with Gasteiger partial charge in [0.1, 0.15) is 0 Å². The molecule has 1 unspecified atom stereocenters. The molecule has 0 amide bonds. The van der Waals surface area contributed by atoms with Crippen molar-refractivity contribution in [2.75, 3.05) is 13.2 Å². The summed E-state index contributed by atoms with van der Waals surface area (Å²) in [6.07, 6.45) is 4.43.